The highest BCUT2D eigenvalue weighted by Crippen LogP contribution is 2.27. The third-order valence-electron chi connectivity index (χ3n) is 3.43. The van der Waals surface area contributed by atoms with Gasteiger partial charge in [-0.05, 0) is 52.2 Å². The zero-order valence-electron chi connectivity index (χ0n) is 15.0. The lowest BCUT2D eigenvalue weighted by atomic mass is 10.3. The molecule has 6 nitrogen and oxygen atoms in total. The van der Waals surface area contributed by atoms with Gasteiger partial charge in [-0.3, -0.25) is 0 Å². The molecule has 24 heavy (non-hydrogen) atoms. The van der Waals surface area contributed by atoms with E-state index in [2.05, 4.69) is 10.2 Å². The average Bonchev–Trinajstić information content (AvgIpc) is 2.53. The van der Waals surface area contributed by atoms with Gasteiger partial charge in [0.2, 0.25) is 0 Å². The number of methoxy groups -OCH3 is 1. The number of nitrogens with one attached hydrogen (secondary N) is 1. The number of hydrogen-bond acceptors (Lipinski definition) is 4. The van der Waals surface area contributed by atoms with Crippen LogP contribution >= 0.6 is 11.6 Å². The summed E-state index contributed by atoms with van der Waals surface area (Å²) in [5.74, 6) is 0.574. The highest BCUT2D eigenvalue weighted by molar-refractivity contribution is 6.32. The van der Waals surface area contributed by atoms with Gasteiger partial charge in [0.05, 0.1) is 11.6 Å². The van der Waals surface area contributed by atoms with Gasteiger partial charge in [0, 0.05) is 25.9 Å². The number of anilines is 1. The van der Waals surface area contributed by atoms with Crippen molar-refractivity contribution < 1.29 is 14.3 Å². The third-order valence-corrected chi connectivity index (χ3v) is 3.73. The summed E-state index contributed by atoms with van der Waals surface area (Å²) >= 11 is 6.19. The van der Waals surface area contributed by atoms with Gasteiger partial charge in [-0.1, -0.05) is 11.6 Å². The summed E-state index contributed by atoms with van der Waals surface area (Å²) in [5, 5.41) is 3.33. The maximum absolute atomic E-state index is 12.3. The molecule has 0 bridgehead atoms. The summed E-state index contributed by atoms with van der Waals surface area (Å²) in [6, 6.07) is 5.09. The number of benzene rings is 1. The van der Waals surface area contributed by atoms with Gasteiger partial charge in [-0.2, -0.15) is 0 Å². The number of rotatable bonds is 10. The first-order valence-electron chi connectivity index (χ1n) is 8.09. The van der Waals surface area contributed by atoms with Crippen LogP contribution in [0.3, 0.4) is 0 Å². The molecule has 0 heterocycles. The number of nitrogens with zero attached hydrogens (tertiary/aromatic N) is 2. The molecule has 0 aliphatic carbocycles. The molecule has 1 aromatic rings. The predicted molar refractivity (Wildman–Crippen MR) is 98.3 cm³/mol. The molecular formula is C17H28ClN3O3. The smallest absolute Gasteiger partial charge is 0.321 e. The van der Waals surface area contributed by atoms with E-state index in [-0.39, 0.29) is 6.03 Å². The first kappa shape index (κ1) is 20.5. The molecular weight excluding hydrogens is 330 g/mol. The van der Waals surface area contributed by atoms with Crippen molar-refractivity contribution in [1.82, 2.24) is 9.80 Å². The summed E-state index contributed by atoms with van der Waals surface area (Å²) in [5.41, 5.74) is 0.648. The lowest BCUT2D eigenvalue weighted by Crippen LogP contribution is -2.36. The Bertz CT molecular complexity index is 512. The second kappa shape index (κ2) is 11.1. The number of halogens is 1. The molecule has 0 atom stereocenters. The fraction of sp³-hybridized carbons (Fsp3) is 0.588. The van der Waals surface area contributed by atoms with Crippen LogP contribution in [0.2, 0.25) is 5.02 Å². The topological polar surface area (TPSA) is 54.0 Å². The zero-order chi connectivity index (χ0) is 17.9. The van der Waals surface area contributed by atoms with Crippen LogP contribution in [-0.4, -0.2) is 69.9 Å². The standard InChI is InChI=1S/C17H28ClN3O3/c1-5-21(10-6-9-20(2)3)17(22)19-14-7-8-16(15(18)13-14)24-12-11-23-4/h7-8,13H,5-6,9-12H2,1-4H3,(H,19,22). The van der Waals surface area contributed by atoms with E-state index >= 15 is 0 Å². The minimum absolute atomic E-state index is 0.125. The molecule has 0 aliphatic rings. The molecule has 0 radical (unpaired) electrons. The fourth-order valence-corrected chi connectivity index (χ4v) is 2.35. The number of hydrogen-bond donors (Lipinski definition) is 1. The van der Waals surface area contributed by atoms with Crippen LogP contribution in [0.15, 0.2) is 18.2 Å². The molecule has 0 unspecified atom stereocenters. The van der Waals surface area contributed by atoms with Gasteiger partial charge in [-0.25, -0.2) is 4.79 Å². The van der Waals surface area contributed by atoms with E-state index in [1.165, 1.54) is 0 Å². The largest absolute Gasteiger partial charge is 0.490 e. The predicted octanol–water partition coefficient (Wildman–Crippen LogP) is 3.17. The monoisotopic (exact) mass is 357 g/mol. The van der Waals surface area contributed by atoms with E-state index in [4.69, 9.17) is 21.1 Å². The van der Waals surface area contributed by atoms with Crippen LogP contribution in [0.1, 0.15) is 13.3 Å². The molecule has 0 saturated carbocycles. The van der Waals surface area contributed by atoms with Crippen LogP contribution in [0.5, 0.6) is 5.75 Å². The minimum atomic E-state index is -0.125. The van der Waals surface area contributed by atoms with Crippen LogP contribution in [0.4, 0.5) is 10.5 Å². The minimum Gasteiger partial charge on any atom is -0.490 e. The van der Waals surface area contributed by atoms with Crippen molar-refractivity contribution in [2.24, 2.45) is 0 Å². The summed E-state index contributed by atoms with van der Waals surface area (Å²) in [6.07, 6.45) is 0.932. The van der Waals surface area contributed by atoms with Crippen molar-refractivity contribution in [3.05, 3.63) is 23.2 Å². The summed E-state index contributed by atoms with van der Waals surface area (Å²) in [6.45, 7) is 5.21. The summed E-state index contributed by atoms with van der Waals surface area (Å²) in [4.78, 5) is 16.2. The Balaban J connectivity index is 2.57. The second-order valence-corrected chi connectivity index (χ2v) is 6.06. The van der Waals surface area contributed by atoms with Gasteiger partial charge in [-0.15, -0.1) is 0 Å². The lowest BCUT2D eigenvalue weighted by molar-refractivity contribution is 0.146. The molecule has 2 amide bonds. The van der Waals surface area contributed by atoms with E-state index in [0.717, 1.165) is 13.0 Å². The summed E-state index contributed by atoms with van der Waals surface area (Å²) < 4.78 is 10.4. The molecule has 0 spiro atoms. The quantitative estimate of drug-likeness (QED) is 0.653. The van der Waals surface area contributed by atoms with Crippen molar-refractivity contribution in [1.29, 1.82) is 0 Å². The molecule has 0 fully saturated rings. The number of amides is 2. The van der Waals surface area contributed by atoms with Gasteiger partial charge in [0.1, 0.15) is 12.4 Å². The Morgan fingerprint density at radius 3 is 2.58 bits per heavy atom. The van der Waals surface area contributed by atoms with Crippen LogP contribution in [-0.2, 0) is 4.74 Å². The summed E-state index contributed by atoms with van der Waals surface area (Å²) in [7, 11) is 5.66. The zero-order valence-corrected chi connectivity index (χ0v) is 15.7. The van der Waals surface area contributed by atoms with Crippen molar-refractivity contribution in [2.45, 2.75) is 13.3 Å². The van der Waals surface area contributed by atoms with Crippen molar-refractivity contribution >= 4 is 23.3 Å². The van der Waals surface area contributed by atoms with Gasteiger partial charge in [0.25, 0.3) is 0 Å². The van der Waals surface area contributed by atoms with Gasteiger partial charge < -0.3 is 24.6 Å². The van der Waals surface area contributed by atoms with Crippen molar-refractivity contribution in [3.63, 3.8) is 0 Å². The van der Waals surface area contributed by atoms with Crippen LogP contribution in [0, 0.1) is 0 Å². The molecule has 1 N–H and O–H groups in total. The molecule has 136 valence electrons. The Labute approximate surface area is 149 Å². The first-order valence-corrected chi connectivity index (χ1v) is 8.47. The van der Waals surface area contributed by atoms with Crippen molar-refractivity contribution in [2.75, 3.05) is 59.4 Å². The SMILES string of the molecule is CCN(CCCN(C)C)C(=O)Nc1ccc(OCCOC)c(Cl)c1. The number of urea groups is 1. The molecule has 0 saturated heterocycles. The van der Waals surface area contributed by atoms with Crippen molar-refractivity contribution in [3.8, 4) is 5.75 Å². The highest BCUT2D eigenvalue weighted by Gasteiger charge is 2.12. The Kier molecular flexibility index (Phi) is 9.52. The maximum atomic E-state index is 12.3. The van der Waals surface area contributed by atoms with E-state index in [1.54, 1.807) is 30.2 Å². The van der Waals surface area contributed by atoms with Crippen LogP contribution < -0.4 is 10.1 Å². The van der Waals surface area contributed by atoms with E-state index in [1.807, 2.05) is 21.0 Å². The molecule has 1 aromatic carbocycles. The number of carbonyl (C=O) groups excluding carboxylic acids is 1. The number of ether oxygens (including phenoxy) is 2. The van der Waals surface area contributed by atoms with Gasteiger partial charge >= 0.3 is 6.03 Å². The fourth-order valence-electron chi connectivity index (χ4n) is 2.11. The second-order valence-electron chi connectivity index (χ2n) is 5.65. The number of carbonyl (C=O) groups is 1. The maximum Gasteiger partial charge on any atom is 0.321 e. The lowest BCUT2D eigenvalue weighted by Gasteiger charge is -2.22. The van der Waals surface area contributed by atoms with E-state index in [0.29, 0.717) is 42.8 Å². The van der Waals surface area contributed by atoms with Gasteiger partial charge in [0.15, 0.2) is 0 Å². The third kappa shape index (κ3) is 7.38. The first-order chi connectivity index (χ1) is 11.5. The highest BCUT2D eigenvalue weighted by atomic mass is 35.5. The Morgan fingerprint density at radius 1 is 1.25 bits per heavy atom. The van der Waals surface area contributed by atoms with Crippen LogP contribution in [0.25, 0.3) is 0 Å². The Hall–Kier alpha value is -1.50. The van der Waals surface area contributed by atoms with E-state index in [9.17, 15) is 4.79 Å². The molecule has 0 aliphatic heterocycles. The van der Waals surface area contributed by atoms with E-state index < -0.39 is 0 Å². The normalized spacial score (nSPS) is 10.8. The molecule has 1 rings (SSSR count). The molecule has 0 aromatic heterocycles. The molecule has 7 heteroatoms. The Morgan fingerprint density at radius 2 is 2.00 bits per heavy atom. The average molecular weight is 358 g/mol.